The molecule has 2 N–H and O–H groups in total. The molecule has 2 heterocycles. The summed E-state index contributed by atoms with van der Waals surface area (Å²) in [5, 5.41) is 2.93. The Morgan fingerprint density at radius 3 is 2.78 bits per heavy atom. The summed E-state index contributed by atoms with van der Waals surface area (Å²) in [5.74, 6) is 2.17. The van der Waals surface area contributed by atoms with Crippen LogP contribution in [0, 0.1) is 0 Å². The van der Waals surface area contributed by atoms with E-state index in [0.717, 1.165) is 22.8 Å². The topological polar surface area (TPSA) is 106 Å². The molecule has 0 saturated carbocycles. The molecular formula is C22H25N3O5S2. The molecule has 0 spiro atoms. The van der Waals surface area contributed by atoms with E-state index in [2.05, 4.69) is 15.0 Å². The fraction of sp³-hybridized carbons (Fsp3) is 0.364. The number of ether oxygens (including phenoxy) is 2. The lowest BCUT2D eigenvalue weighted by atomic mass is 10.1. The number of rotatable bonds is 8. The van der Waals surface area contributed by atoms with Gasteiger partial charge in [-0.2, -0.15) is 11.8 Å². The monoisotopic (exact) mass is 475 g/mol. The number of benzene rings is 2. The third-order valence-electron chi connectivity index (χ3n) is 5.17. The lowest BCUT2D eigenvalue weighted by Gasteiger charge is -2.19. The molecule has 0 aliphatic carbocycles. The number of carbonyl (C=O) groups excluding carboxylic acids is 1. The predicted molar refractivity (Wildman–Crippen MR) is 124 cm³/mol. The maximum Gasteiger partial charge on any atom is 0.263 e. The molecule has 0 bridgehead atoms. The van der Waals surface area contributed by atoms with Gasteiger partial charge in [0, 0.05) is 12.1 Å². The van der Waals surface area contributed by atoms with Gasteiger partial charge in [0.05, 0.1) is 4.90 Å². The molecule has 4 rings (SSSR count). The summed E-state index contributed by atoms with van der Waals surface area (Å²) in [6, 6.07) is 11.7. The average molecular weight is 476 g/mol. The highest BCUT2D eigenvalue weighted by Gasteiger charge is 2.31. The Balaban J connectivity index is 1.43. The van der Waals surface area contributed by atoms with E-state index >= 15 is 0 Å². The summed E-state index contributed by atoms with van der Waals surface area (Å²) in [7, 11) is -3.65. The molecule has 0 aromatic heterocycles. The standard InChI is InChI=1S/C22H25N3O5S2/c1-31-13-9-17(24-21-16-4-2-3-5-20(16)32(27,28)25-21)22(26)23-10-8-15-6-7-18-19(14-15)30-12-11-29-18/h2-7,14,17H,8-13H2,1H3,(H,23,26)(H,24,25)/t17-/m1/s1. The van der Waals surface area contributed by atoms with Gasteiger partial charge in [0.1, 0.15) is 25.1 Å². The number of carbonyl (C=O) groups is 1. The smallest absolute Gasteiger partial charge is 0.263 e. The van der Waals surface area contributed by atoms with Crippen molar-refractivity contribution >= 4 is 33.5 Å². The second-order valence-electron chi connectivity index (χ2n) is 7.40. The Bertz CT molecular complexity index is 1130. The van der Waals surface area contributed by atoms with Crippen LogP contribution < -0.4 is 19.5 Å². The molecule has 0 fully saturated rings. The first-order valence-electron chi connectivity index (χ1n) is 10.3. The molecule has 0 radical (unpaired) electrons. The lowest BCUT2D eigenvalue weighted by molar-refractivity contribution is -0.122. The molecule has 2 aromatic carbocycles. The van der Waals surface area contributed by atoms with Crippen molar-refractivity contribution in [1.29, 1.82) is 0 Å². The molecule has 0 saturated heterocycles. The van der Waals surface area contributed by atoms with Gasteiger partial charge in [-0.15, -0.1) is 0 Å². The van der Waals surface area contributed by atoms with Gasteiger partial charge in [0.2, 0.25) is 5.91 Å². The predicted octanol–water partition coefficient (Wildman–Crippen LogP) is 1.98. The fourth-order valence-electron chi connectivity index (χ4n) is 3.56. The Hall–Kier alpha value is -2.72. The van der Waals surface area contributed by atoms with Crippen molar-refractivity contribution in [2.75, 3.05) is 31.8 Å². The molecular weight excluding hydrogens is 450 g/mol. The number of amides is 1. The van der Waals surface area contributed by atoms with Crippen LogP contribution >= 0.6 is 11.8 Å². The van der Waals surface area contributed by atoms with Crippen molar-refractivity contribution < 1.29 is 22.7 Å². The van der Waals surface area contributed by atoms with Gasteiger partial charge in [-0.3, -0.25) is 14.5 Å². The second-order valence-corrected chi connectivity index (χ2v) is 10.0. The van der Waals surface area contributed by atoms with Crippen LogP contribution in [-0.2, 0) is 21.2 Å². The molecule has 2 aromatic rings. The molecule has 8 nitrogen and oxygen atoms in total. The molecule has 2 aliphatic heterocycles. The summed E-state index contributed by atoms with van der Waals surface area (Å²) < 4.78 is 38.3. The third kappa shape index (κ3) is 5.02. The van der Waals surface area contributed by atoms with E-state index in [0.29, 0.717) is 38.2 Å². The number of nitrogens with one attached hydrogen (secondary N) is 2. The van der Waals surface area contributed by atoms with Crippen LogP contribution in [0.5, 0.6) is 11.5 Å². The Morgan fingerprint density at radius 1 is 1.19 bits per heavy atom. The van der Waals surface area contributed by atoms with Gasteiger partial charge in [-0.25, -0.2) is 8.42 Å². The van der Waals surface area contributed by atoms with Crippen LogP contribution in [0.25, 0.3) is 0 Å². The number of aliphatic imine (C=N–C) groups is 1. The third-order valence-corrected chi connectivity index (χ3v) is 7.21. The SMILES string of the molecule is CSCC[C@@H](N=C1NS(=O)(=O)c2ccccc21)C(=O)NCCc1ccc2c(c1)OCCO2. The van der Waals surface area contributed by atoms with Crippen molar-refractivity contribution in [1.82, 2.24) is 10.0 Å². The Morgan fingerprint density at radius 2 is 1.97 bits per heavy atom. The number of hydrogen-bond acceptors (Lipinski definition) is 7. The molecule has 32 heavy (non-hydrogen) atoms. The van der Waals surface area contributed by atoms with Crippen molar-refractivity contribution in [3.63, 3.8) is 0 Å². The molecule has 170 valence electrons. The minimum atomic E-state index is -3.65. The summed E-state index contributed by atoms with van der Waals surface area (Å²) >= 11 is 1.61. The van der Waals surface area contributed by atoms with E-state index in [1.165, 1.54) is 6.07 Å². The fourth-order valence-corrected chi connectivity index (χ4v) is 5.26. The number of thioether (sulfide) groups is 1. The van der Waals surface area contributed by atoms with Gasteiger partial charge in [-0.1, -0.05) is 18.2 Å². The summed E-state index contributed by atoms with van der Waals surface area (Å²) in [6.07, 6.45) is 3.09. The highest BCUT2D eigenvalue weighted by Crippen LogP contribution is 2.30. The molecule has 1 amide bonds. The Labute approximate surface area is 191 Å². The zero-order valence-electron chi connectivity index (χ0n) is 17.7. The zero-order valence-corrected chi connectivity index (χ0v) is 19.3. The van der Waals surface area contributed by atoms with E-state index < -0.39 is 16.1 Å². The van der Waals surface area contributed by atoms with Crippen molar-refractivity contribution in [3.8, 4) is 11.5 Å². The van der Waals surface area contributed by atoms with Crippen LogP contribution in [0.2, 0.25) is 0 Å². The number of sulfonamides is 1. The highest BCUT2D eigenvalue weighted by molar-refractivity contribution is 7.98. The first-order chi connectivity index (χ1) is 15.5. The number of fused-ring (bicyclic) bond motifs is 2. The summed E-state index contributed by atoms with van der Waals surface area (Å²) in [4.78, 5) is 17.6. The second kappa shape index (κ2) is 9.83. The van der Waals surface area contributed by atoms with Gasteiger partial charge >= 0.3 is 0 Å². The first kappa shape index (κ1) is 22.5. The minimum absolute atomic E-state index is 0.182. The van der Waals surface area contributed by atoms with Gasteiger partial charge < -0.3 is 14.8 Å². The van der Waals surface area contributed by atoms with Crippen molar-refractivity contribution in [3.05, 3.63) is 53.6 Å². The van der Waals surface area contributed by atoms with Crippen LogP contribution in [0.3, 0.4) is 0 Å². The lowest BCUT2D eigenvalue weighted by Crippen LogP contribution is -2.37. The molecule has 10 heteroatoms. The molecule has 2 aliphatic rings. The first-order valence-corrected chi connectivity index (χ1v) is 13.2. The van der Waals surface area contributed by atoms with Gasteiger partial charge in [-0.05, 0) is 54.7 Å². The van der Waals surface area contributed by atoms with Crippen LogP contribution in [0.15, 0.2) is 52.4 Å². The van der Waals surface area contributed by atoms with E-state index in [1.807, 2.05) is 24.5 Å². The summed E-state index contributed by atoms with van der Waals surface area (Å²) in [5.41, 5.74) is 1.52. The largest absolute Gasteiger partial charge is 0.486 e. The van der Waals surface area contributed by atoms with E-state index in [4.69, 9.17) is 9.47 Å². The zero-order chi connectivity index (χ0) is 22.6. The van der Waals surface area contributed by atoms with Crippen molar-refractivity contribution in [2.24, 2.45) is 4.99 Å². The quantitative estimate of drug-likeness (QED) is 0.605. The van der Waals surface area contributed by atoms with Crippen molar-refractivity contribution in [2.45, 2.75) is 23.8 Å². The number of amidine groups is 1. The van der Waals surface area contributed by atoms with Crippen LogP contribution in [-0.4, -0.2) is 58.0 Å². The Kier molecular flexibility index (Phi) is 6.90. The highest BCUT2D eigenvalue weighted by atomic mass is 32.2. The maximum atomic E-state index is 12.9. The number of hydrogen-bond donors (Lipinski definition) is 2. The molecule has 0 unspecified atom stereocenters. The van der Waals surface area contributed by atoms with E-state index in [9.17, 15) is 13.2 Å². The molecule has 1 atom stereocenters. The average Bonchev–Trinajstić information content (AvgIpc) is 3.06. The summed E-state index contributed by atoms with van der Waals surface area (Å²) in [6.45, 7) is 1.50. The minimum Gasteiger partial charge on any atom is -0.486 e. The normalized spacial score (nSPS) is 18.0. The van der Waals surface area contributed by atoms with Crippen LogP contribution in [0.1, 0.15) is 17.5 Å². The van der Waals surface area contributed by atoms with Gasteiger partial charge in [0.15, 0.2) is 11.5 Å². The maximum absolute atomic E-state index is 12.9. The van der Waals surface area contributed by atoms with E-state index in [-0.39, 0.29) is 16.6 Å². The van der Waals surface area contributed by atoms with Gasteiger partial charge in [0.25, 0.3) is 10.0 Å². The number of nitrogens with zero attached hydrogens (tertiary/aromatic N) is 1. The van der Waals surface area contributed by atoms with Crippen LogP contribution in [0.4, 0.5) is 0 Å². The van der Waals surface area contributed by atoms with E-state index in [1.54, 1.807) is 30.0 Å².